The van der Waals surface area contributed by atoms with Crippen molar-refractivity contribution in [3.8, 4) is 11.5 Å². The lowest BCUT2D eigenvalue weighted by Crippen LogP contribution is -2.39. The van der Waals surface area contributed by atoms with Crippen LogP contribution in [0.5, 0.6) is 11.5 Å². The minimum absolute atomic E-state index is 0.0938. The molecule has 0 aliphatic carbocycles. The maximum atomic E-state index is 13.2. The van der Waals surface area contributed by atoms with Crippen LogP contribution < -0.4 is 25.4 Å². The van der Waals surface area contributed by atoms with E-state index in [0.717, 1.165) is 37.2 Å². The predicted octanol–water partition coefficient (Wildman–Crippen LogP) is 2.44. The van der Waals surface area contributed by atoms with Gasteiger partial charge in [-0.05, 0) is 80.7 Å². The molecule has 1 aliphatic rings. The SMILES string of the molecule is COc1ccc(OC)c(C(NCCC2CCNCC2)C(=O)NCc2ccncc2)c1. The Balaban J connectivity index is 1.72. The molecule has 1 saturated heterocycles. The fourth-order valence-electron chi connectivity index (χ4n) is 3.80. The van der Waals surface area contributed by atoms with Crippen LogP contribution in [0, 0.1) is 5.92 Å². The smallest absolute Gasteiger partial charge is 0.242 e. The number of hydrogen-bond donors (Lipinski definition) is 3. The maximum Gasteiger partial charge on any atom is 0.242 e. The molecular formula is C23H32N4O3. The summed E-state index contributed by atoms with van der Waals surface area (Å²) in [5, 5.41) is 9.90. The van der Waals surface area contributed by atoms with Crippen molar-refractivity contribution in [3.05, 3.63) is 53.9 Å². The summed E-state index contributed by atoms with van der Waals surface area (Å²) in [6.45, 7) is 3.35. The predicted molar refractivity (Wildman–Crippen MR) is 117 cm³/mol. The lowest BCUT2D eigenvalue weighted by Gasteiger charge is -2.25. The average Bonchev–Trinajstić information content (AvgIpc) is 2.81. The molecular weight excluding hydrogens is 380 g/mol. The number of piperidine rings is 1. The van der Waals surface area contributed by atoms with Gasteiger partial charge in [0, 0.05) is 24.5 Å². The number of carbonyl (C=O) groups is 1. The van der Waals surface area contributed by atoms with Crippen molar-refractivity contribution in [3.63, 3.8) is 0 Å². The quantitative estimate of drug-likeness (QED) is 0.556. The van der Waals surface area contributed by atoms with Crippen molar-refractivity contribution in [2.24, 2.45) is 5.92 Å². The first-order chi connectivity index (χ1) is 14.7. The number of aromatic nitrogens is 1. The van der Waals surface area contributed by atoms with E-state index in [1.807, 2.05) is 30.3 Å². The largest absolute Gasteiger partial charge is 0.497 e. The van der Waals surface area contributed by atoms with E-state index >= 15 is 0 Å². The molecule has 0 saturated carbocycles. The third-order valence-corrected chi connectivity index (χ3v) is 5.59. The molecule has 1 atom stereocenters. The summed E-state index contributed by atoms with van der Waals surface area (Å²) in [5.74, 6) is 1.95. The second-order valence-corrected chi connectivity index (χ2v) is 7.55. The molecule has 3 N–H and O–H groups in total. The maximum absolute atomic E-state index is 13.2. The normalized spacial score (nSPS) is 15.4. The molecule has 1 fully saturated rings. The van der Waals surface area contributed by atoms with Gasteiger partial charge in [-0.1, -0.05) is 0 Å². The summed E-state index contributed by atoms with van der Waals surface area (Å²) in [5.41, 5.74) is 1.78. The van der Waals surface area contributed by atoms with Crippen LogP contribution in [0.4, 0.5) is 0 Å². The molecule has 1 aromatic heterocycles. The Kier molecular flexibility index (Phi) is 8.47. The minimum Gasteiger partial charge on any atom is -0.497 e. The minimum atomic E-state index is -0.529. The summed E-state index contributed by atoms with van der Waals surface area (Å²) in [6.07, 6.45) is 6.86. The second-order valence-electron chi connectivity index (χ2n) is 7.55. The Bertz CT molecular complexity index is 794. The van der Waals surface area contributed by atoms with Gasteiger partial charge in [-0.2, -0.15) is 0 Å². The van der Waals surface area contributed by atoms with Gasteiger partial charge in [0.15, 0.2) is 0 Å². The molecule has 0 spiro atoms. The number of pyridine rings is 1. The van der Waals surface area contributed by atoms with Crippen LogP contribution in [0.15, 0.2) is 42.7 Å². The number of methoxy groups -OCH3 is 2. The Morgan fingerprint density at radius 1 is 1.17 bits per heavy atom. The number of benzene rings is 1. The fourth-order valence-corrected chi connectivity index (χ4v) is 3.80. The Hall–Kier alpha value is -2.64. The molecule has 162 valence electrons. The molecule has 1 unspecified atom stereocenters. The van der Waals surface area contributed by atoms with E-state index in [4.69, 9.17) is 9.47 Å². The first kappa shape index (κ1) is 22.1. The van der Waals surface area contributed by atoms with Crippen LogP contribution in [0.2, 0.25) is 0 Å². The Morgan fingerprint density at radius 3 is 2.63 bits per heavy atom. The van der Waals surface area contributed by atoms with Gasteiger partial charge in [0.05, 0.1) is 14.2 Å². The number of hydrogen-bond acceptors (Lipinski definition) is 6. The summed E-state index contributed by atoms with van der Waals surface area (Å²) >= 11 is 0. The van der Waals surface area contributed by atoms with Crippen molar-refractivity contribution in [2.45, 2.75) is 31.8 Å². The number of nitrogens with one attached hydrogen (secondary N) is 3. The third-order valence-electron chi connectivity index (χ3n) is 5.59. The molecule has 2 aromatic rings. The molecule has 7 heteroatoms. The summed E-state index contributed by atoms with van der Waals surface area (Å²) in [4.78, 5) is 17.2. The van der Waals surface area contributed by atoms with E-state index in [9.17, 15) is 4.79 Å². The highest BCUT2D eigenvalue weighted by Gasteiger charge is 2.25. The van der Waals surface area contributed by atoms with Gasteiger partial charge in [-0.15, -0.1) is 0 Å². The average molecular weight is 413 g/mol. The van der Waals surface area contributed by atoms with Gasteiger partial charge in [-0.3, -0.25) is 9.78 Å². The van der Waals surface area contributed by atoms with Gasteiger partial charge in [0.1, 0.15) is 17.5 Å². The highest BCUT2D eigenvalue weighted by molar-refractivity contribution is 5.84. The lowest BCUT2D eigenvalue weighted by atomic mass is 9.94. The van der Waals surface area contributed by atoms with E-state index in [-0.39, 0.29) is 5.91 Å². The summed E-state index contributed by atoms with van der Waals surface area (Å²) in [7, 11) is 3.24. The van der Waals surface area contributed by atoms with Gasteiger partial charge in [0.2, 0.25) is 5.91 Å². The number of nitrogens with zero attached hydrogens (tertiary/aromatic N) is 1. The van der Waals surface area contributed by atoms with Crippen molar-refractivity contribution in [2.75, 3.05) is 33.9 Å². The highest BCUT2D eigenvalue weighted by atomic mass is 16.5. The first-order valence-electron chi connectivity index (χ1n) is 10.5. The zero-order chi connectivity index (χ0) is 21.2. The van der Waals surface area contributed by atoms with Gasteiger partial charge >= 0.3 is 0 Å². The molecule has 3 rings (SSSR count). The van der Waals surface area contributed by atoms with E-state index < -0.39 is 6.04 Å². The first-order valence-corrected chi connectivity index (χ1v) is 10.5. The van der Waals surface area contributed by atoms with Gasteiger partial charge in [-0.25, -0.2) is 0 Å². The van der Waals surface area contributed by atoms with Crippen molar-refractivity contribution < 1.29 is 14.3 Å². The topological polar surface area (TPSA) is 84.5 Å². The fraction of sp³-hybridized carbons (Fsp3) is 0.478. The summed E-state index contributed by atoms with van der Waals surface area (Å²) < 4.78 is 10.9. The number of ether oxygens (including phenoxy) is 2. The third kappa shape index (κ3) is 6.18. The Labute approximate surface area is 178 Å². The monoisotopic (exact) mass is 412 g/mol. The van der Waals surface area contributed by atoms with E-state index in [1.54, 1.807) is 26.6 Å². The van der Waals surface area contributed by atoms with Crippen molar-refractivity contribution in [1.82, 2.24) is 20.9 Å². The molecule has 1 amide bonds. The molecule has 30 heavy (non-hydrogen) atoms. The van der Waals surface area contributed by atoms with Crippen LogP contribution in [0.3, 0.4) is 0 Å². The lowest BCUT2D eigenvalue weighted by molar-refractivity contribution is -0.123. The number of rotatable bonds is 10. The van der Waals surface area contributed by atoms with Crippen LogP contribution in [-0.4, -0.2) is 44.7 Å². The summed E-state index contributed by atoms with van der Waals surface area (Å²) in [6, 6.07) is 8.80. The van der Waals surface area contributed by atoms with Gasteiger partial charge in [0.25, 0.3) is 0 Å². The molecule has 7 nitrogen and oxygen atoms in total. The van der Waals surface area contributed by atoms with Crippen molar-refractivity contribution in [1.29, 1.82) is 0 Å². The second kappa shape index (κ2) is 11.5. The Morgan fingerprint density at radius 2 is 1.93 bits per heavy atom. The molecule has 1 aromatic carbocycles. The molecule has 2 heterocycles. The van der Waals surface area contributed by atoms with Crippen LogP contribution in [0.25, 0.3) is 0 Å². The zero-order valence-corrected chi connectivity index (χ0v) is 17.8. The van der Waals surface area contributed by atoms with Gasteiger partial charge < -0.3 is 25.4 Å². The zero-order valence-electron chi connectivity index (χ0n) is 17.8. The van der Waals surface area contributed by atoms with Crippen LogP contribution in [0.1, 0.15) is 36.4 Å². The number of amides is 1. The van der Waals surface area contributed by atoms with E-state index in [2.05, 4.69) is 20.9 Å². The van der Waals surface area contributed by atoms with Crippen molar-refractivity contribution >= 4 is 5.91 Å². The van der Waals surface area contributed by atoms with E-state index in [1.165, 1.54) is 12.8 Å². The molecule has 1 aliphatic heterocycles. The van der Waals surface area contributed by atoms with Crippen LogP contribution in [-0.2, 0) is 11.3 Å². The standard InChI is InChI=1S/C23H32N4O3/c1-29-19-3-4-21(30-2)20(15-19)22(26-14-9-17-5-10-24-11-6-17)23(28)27-16-18-7-12-25-13-8-18/h3-4,7-8,12-13,15,17,22,24,26H,5-6,9-11,14,16H2,1-2H3,(H,27,28). The van der Waals surface area contributed by atoms with Crippen LogP contribution >= 0.6 is 0 Å². The number of carbonyl (C=O) groups excluding carboxylic acids is 1. The molecule has 0 radical (unpaired) electrons. The highest BCUT2D eigenvalue weighted by Crippen LogP contribution is 2.30. The van der Waals surface area contributed by atoms with E-state index in [0.29, 0.717) is 24.0 Å². The molecule has 0 bridgehead atoms.